The zero-order valence-corrected chi connectivity index (χ0v) is 19.3. The monoisotopic (exact) mass is 428 g/mol. The Balaban J connectivity index is 1.45. The molecule has 1 saturated heterocycles. The van der Waals surface area contributed by atoms with E-state index in [0.717, 1.165) is 70.9 Å². The molecule has 5 nitrogen and oxygen atoms in total. The molecular weight excluding hydrogens is 388 g/mol. The van der Waals surface area contributed by atoms with E-state index in [9.17, 15) is 9.90 Å². The average Bonchev–Trinajstić information content (AvgIpc) is 3.40. The molecule has 0 aromatic carbocycles. The highest BCUT2D eigenvalue weighted by atomic mass is 16.7. The van der Waals surface area contributed by atoms with E-state index in [4.69, 9.17) is 4.84 Å². The highest BCUT2D eigenvalue weighted by Crippen LogP contribution is 2.67. The predicted octanol–water partition coefficient (Wildman–Crippen LogP) is 3.89. The van der Waals surface area contributed by atoms with Crippen molar-refractivity contribution < 1.29 is 14.7 Å². The lowest BCUT2D eigenvalue weighted by atomic mass is 9.43. The molecule has 3 saturated carbocycles. The summed E-state index contributed by atoms with van der Waals surface area (Å²) in [7, 11) is 0. The predicted molar refractivity (Wildman–Crippen MR) is 121 cm³/mol. The molecule has 7 atom stereocenters. The number of allylic oxidation sites excluding steroid dienone is 3. The fourth-order valence-electron chi connectivity index (χ4n) is 8.42. The van der Waals surface area contributed by atoms with Crippen LogP contribution in [-0.4, -0.2) is 36.7 Å². The van der Waals surface area contributed by atoms with E-state index >= 15 is 0 Å². The van der Waals surface area contributed by atoms with Crippen molar-refractivity contribution in [2.45, 2.75) is 77.7 Å². The third-order valence-electron chi connectivity index (χ3n) is 9.98. The van der Waals surface area contributed by atoms with Crippen LogP contribution in [0, 0.1) is 34.5 Å². The summed E-state index contributed by atoms with van der Waals surface area (Å²) in [6, 6.07) is 0. The van der Waals surface area contributed by atoms with Gasteiger partial charge in [0.05, 0.1) is 6.10 Å². The molecule has 1 heterocycles. The van der Waals surface area contributed by atoms with Crippen molar-refractivity contribution in [3.63, 3.8) is 0 Å². The molecule has 0 amide bonds. The quantitative estimate of drug-likeness (QED) is 0.458. The van der Waals surface area contributed by atoms with E-state index in [1.807, 2.05) is 0 Å². The van der Waals surface area contributed by atoms with Crippen LogP contribution in [0.5, 0.6) is 0 Å². The zero-order chi connectivity index (χ0) is 21.8. The molecule has 4 aliphatic carbocycles. The van der Waals surface area contributed by atoms with Gasteiger partial charge in [0.2, 0.25) is 0 Å². The molecule has 0 radical (unpaired) electrons. The highest BCUT2D eigenvalue weighted by molar-refractivity contribution is 5.87. The molecule has 5 aliphatic rings. The topological polar surface area (TPSA) is 70.6 Å². The molecule has 5 heteroatoms. The van der Waals surface area contributed by atoms with Crippen molar-refractivity contribution in [1.29, 1.82) is 0 Å². The summed E-state index contributed by atoms with van der Waals surface area (Å²) in [6.45, 7) is 11.2. The maximum absolute atomic E-state index is 12.7. The number of hydrogen-bond donors (Lipinski definition) is 3. The van der Waals surface area contributed by atoms with Crippen molar-refractivity contribution in [2.75, 3.05) is 19.7 Å². The van der Waals surface area contributed by atoms with Crippen LogP contribution < -0.4 is 10.8 Å². The summed E-state index contributed by atoms with van der Waals surface area (Å²) in [6.07, 6.45) is 8.97. The van der Waals surface area contributed by atoms with Crippen LogP contribution in [0.15, 0.2) is 23.4 Å². The van der Waals surface area contributed by atoms with Crippen LogP contribution in [0.4, 0.5) is 0 Å². The second-order valence-electron chi connectivity index (χ2n) is 11.2. The Morgan fingerprint density at radius 2 is 2.06 bits per heavy atom. The standard InChI is InChI=1S/C26H40N2O3/c1-4-18-22(28-31-17-9-12-27-14-17)8-11-26(15-29)21-7-10-25(3)20(5-6-23(25)30)19(21)13-16(2)24(18)26/h17,19-21,24,27-29H,2,4-15H2,1,3H3. The summed E-state index contributed by atoms with van der Waals surface area (Å²) < 4.78 is 0. The van der Waals surface area contributed by atoms with Crippen LogP contribution in [0.2, 0.25) is 0 Å². The molecule has 0 bridgehead atoms. The molecule has 4 fully saturated rings. The number of carbonyl (C=O) groups is 1. The van der Waals surface area contributed by atoms with Gasteiger partial charge in [0.1, 0.15) is 5.78 Å². The molecule has 172 valence electrons. The van der Waals surface area contributed by atoms with Crippen molar-refractivity contribution >= 4 is 5.78 Å². The van der Waals surface area contributed by atoms with Gasteiger partial charge in [-0.2, -0.15) is 0 Å². The van der Waals surface area contributed by atoms with Gasteiger partial charge in [0.25, 0.3) is 0 Å². The first-order valence-corrected chi connectivity index (χ1v) is 12.6. The lowest BCUT2D eigenvalue weighted by Gasteiger charge is -2.61. The first-order valence-electron chi connectivity index (χ1n) is 12.6. The number of fused-ring (bicyclic) bond motifs is 5. The van der Waals surface area contributed by atoms with Gasteiger partial charge in [-0.05, 0) is 81.2 Å². The van der Waals surface area contributed by atoms with Crippen molar-refractivity contribution in [3.05, 3.63) is 23.4 Å². The van der Waals surface area contributed by atoms with Crippen molar-refractivity contribution in [2.24, 2.45) is 34.5 Å². The number of hydroxylamine groups is 1. The normalized spacial score (nSPS) is 44.8. The zero-order valence-electron chi connectivity index (χ0n) is 19.3. The molecule has 3 N–H and O–H groups in total. The van der Waals surface area contributed by atoms with Crippen molar-refractivity contribution in [3.8, 4) is 0 Å². The van der Waals surface area contributed by atoms with E-state index in [1.54, 1.807) is 0 Å². The van der Waals surface area contributed by atoms with Crippen LogP contribution in [0.1, 0.15) is 71.6 Å². The molecule has 0 aromatic heterocycles. The van der Waals surface area contributed by atoms with Gasteiger partial charge in [-0.25, -0.2) is 0 Å². The Kier molecular flexibility index (Phi) is 5.59. The second kappa shape index (κ2) is 8.00. The SMILES string of the molecule is C=C1CC2C3CCC(=O)C3(C)CCC2C2(CO)CCC(NOC3CCNC3)=C(CC)C12. The van der Waals surface area contributed by atoms with E-state index in [2.05, 4.69) is 31.2 Å². The molecule has 1 aliphatic heterocycles. The number of rotatable bonds is 5. The smallest absolute Gasteiger partial charge is 0.139 e. The molecule has 5 rings (SSSR count). The summed E-state index contributed by atoms with van der Waals surface area (Å²) in [5.41, 5.74) is 6.98. The molecular formula is C26H40N2O3. The lowest BCUT2D eigenvalue weighted by molar-refractivity contribution is -0.137. The first kappa shape index (κ1) is 21.7. The van der Waals surface area contributed by atoms with Gasteiger partial charge in [-0.15, -0.1) is 0 Å². The van der Waals surface area contributed by atoms with Crippen LogP contribution in [0.3, 0.4) is 0 Å². The number of nitrogens with one attached hydrogen (secondary N) is 2. The minimum Gasteiger partial charge on any atom is -0.396 e. The van der Waals surface area contributed by atoms with E-state index in [-0.39, 0.29) is 29.5 Å². The van der Waals surface area contributed by atoms with Crippen LogP contribution in [0.25, 0.3) is 0 Å². The first-order chi connectivity index (χ1) is 14.9. The van der Waals surface area contributed by atoms with E-state index in [0.29, 0.717) is 23.5 Å². The second-order valence-corrected chi connectivity index (χ2v) is 11.2. The van der Waals surface area contributed by atoms with E-state index in [1.165, 1.54) is 16.8 Å². The van der Waals surface area contributed by atoms with Crippen molar-refractivity contribution in [1.82, 2.24) is 10.8 Å². The maximum atomic E-state index is 12.7. The summed E-state index contributed by atoms with van der Waals surface area (Å²) >= 11 is 0. The van der Waals surface area contributed by atoms with Crippen LogP contribution in [-0.2, 0) is 9.63 Å². The Morgan fingerprint density at radius 3 is 2.77 bits per heavy atom. The number of Topliss-reactive ketones (excluding diaryl/α,β-unsaturated/α-hetero) is 1. The third-order valence-corrected chi connectivity index (χ3v) is 9.98. The number of carbonyl (C=O) groups excluding carboxylic acids is 1. The Morgan fingerprint density at radius 1 is 1.23 bits per heavy atom. The Hall–Kier alpha value is -1.17. The average molecular weight is 429 g/mol. The fraction of sp³-hybridized carbons (Fsp3) is 0.808. The van der Waals surface area contributed by atoms with Gasteiger partial charge in [0, 0.05) is 42.0 Å². The minimum atomic E-state index is -0.140. The molecule has 31 heavy (non-hydrogen) atoms. The Labute approximate surface area is 187 Å². The van der Waals surface area contributed by atoms with Gasteiger partial charge in [-0.1, -0.05) is 26.0 Å². The van der Waals surface area contributed by atoms with E-state index < -0.39 is 0 Å². The van der Waals surface area contributed by atoms with Gasteiger partial charge in [0.15, 0.2) is 0 Å². The molecule has 0 aromatic rings. The summed E-state index contributed by atoms with van der Waals surface area (Å²) in [4.78, 5) is 18.8. The number of aliphatic hydroxyl groups is 1. The number of aliphatic hydroxyl groups excluding tert-OH is 1. The molecule has 7 unspecified atom stereocenters. The summed E-state index contributed by atoms with van der Waals surface area (Å²) in [5, 5.41) is 14.3. The molecule has 0 spiro atoms. The highest BCUT2D eigenvalue weighted by Gasteiger charge is 2.62. The van der Waals surface area contributed by atoms with Gasteiger partial charge < -0.3 is 10.4 Å². The maximum Gasteiger partial charge on any atom is 0.139 e. The fourth-order valence-corrected chi connectivity index (χ4v) is 8.42. The van der Waals surface area contributed by atoms with Gasteiger partial charge in [-0.3, -0.25) is 15.1 Å². The lowest BCUT2D eigenvalue weighted by Crippen LogP contribution is -2.57. The largest absolute Gasteiger partial charge is 0.396 e. The Bertz CT molecular complexity index is 786. The van der Waals surface area contributed by atoms with Crippen LogP contribution >= 0.6 is 0 Å². The van der Waals surface area contributed by atoms with Gasteiger partial charge >= 0.3 is 0 Å². The third kappa shape index (κ3) is 3.18. The number of hydrogen-bond acceptors (Lipinski definition) is 5. The summed E-state index contributed by atoms with van der Waals surface area (Å²) in [5.74, 6) is 2.15. The number of ketones is 1. The minimum absolute atomic E-state index is 0.127.